The quantitative estimate of drug-likeness (QED) is 0.636. The number of anilines is 2. The highest BCUT2D eigenvalue weighted by atomic mass is 32.2. The fourth-order valence-corrected chi connectivity index (χ4v) is 3.85. The highest BCUT2D eigenvalue weighted by Gasteiger charge is 2.29. The Labute approximate surface area is 162 Å². The van der Waals surface area contributed by atoms with Crippen molar-refractivity contribution in [2.45, 2.75) is 30.6 Å². The van der Waals surface area contributed by atoms with Crippen molar-refractivity contribution in [3.63, 3.8) is 0 Å². The maximum absolute atomic E-state index is 13.0. The van der Waals surface area contributed by atoms with Crippen LogP contribution in [-0.2, 0) is 11.3 Å². The molecule has 1 aliphatic carbocycles. The lowest BCUT2D eigenvalue weighted by atomic mass is 10.2. The largest absolute Gasteiger partial charge is 0.368 e. The van der Waals surface area contributed by atoms with Crippen LogP contribution in [0.4, 0.5) is 11.6 Å². The minimum Gasteiger partial charge on any atom is -0.368 e. The van der Waals surface area contributed by atoms with E-state index in [0.29, 0.717) is 18.5 Å². The average molecular weight is 379 g/mol. The van der Waals surface area contributed by atoms with E-state index in [1.54, 1.807) is 0 Å². The number of para-hydroxylation sites is 1. The molecule has 138 valence electrons. The Morgan fingerprint density at radius 3 is 2.41 bits per heavy atom. The minimum atomic E-state index is 0.0268. The van der Waals surface area contributed by atoms with Crippen LogP contribution < -0.4 is 10.6 Å². The van der Waals surface area contributed by atoms with Crippen LogP contribution in [0.3, 0.4) is 0 Å². The van der Waals surface area contributed by atoms with Crippen LogP contribution >= 0.6 is 11.8 Å². The maximum Gasteiger partial charge on any atom is 0.237 e. The molecule has 0 aliphatic heterocycles. The van der Waals surface area contributed by atoms with Crippen molar-refractivity contribution in [2.24, 2.45) is 0 Å². The number of carbonyl (C=O) groups excluding carboxylic acids is 1. The number of carbonyl (C=O) groups is 1. The van der Waals surface area contributed by atoms with E-state index in [1.165, 1.54) is 11.8 Å². The highest BCUT2D eigenvalue weighted by Crippen LogP contribution is 2.39. The van der Waals surface area contributed by atoms with Gasteiger partial charge in [0.25, 0.3) is 0 Å². The summed E-state index contributed by atoms with van der Waals surface area (Å²) in [6.07, 6.45) is 2.18. The second-order valence-corrected chi connectivity index (χ2v) is 7.47. The summed E-state index contributed by atoms with van der Waals surface area (Å²) >= 11 is 1.40. The van der Waals surface area contributed by atoms with Crippen LogP contribution in [0.5, 0.6) is 0 Å². The smallest absolute Gasteiger partial charge is 0.237 e. The molecule has 3 aromatic rings. The molecule has 1 saturated carbocycles. The summed E-state index contributed by atoms with van der Waals surface area (Å²) in [6, 6.07) is 20.1. The second-order valence-electron chi connectivity index (χ2n) is 6.53. The van der Waals surface area contributed by atoms with Crippen LogP contribution in [0.2, 0.25) is 0 Å². The van der Waals surface area contributed by atoms with Gasteiger partial charge in [-0.05, 0) is 30.5 Å². The Kier molecular flexibility index (Phi) is 5.11. The highest BCUT2D eigenvalue weighted by molar-refractivity contribution is 7.99. The molecule has 0 unspecified atom stereocenters. The number of hydrogen-bond acceptors (Lipinski definition) is 5. The van der Waals surface area contributed by atoms with Gasteiger partial charge in [0.1, 0.15) is 0 Å². The first-order valence-corrected chi connectivity index (χ1v) is 9.93. The first-order valence-electron chi connectivity index (χ1n) is 8.95. The molecule has 1 amide bonds. The molecule has 4 rings (SSSR count). The van der Waals surface area contributed by atoms with E-state index < -0.39 is 0 Å². The first-order chi connectivity index (χ1) is 13.2. The monoisotopic (exact) mass is 379 g/mol. The van der Waals surface area contributed by atoms with E-state index >= 15 is 0 Å². The van der Waals surface area contributed by atoms with Crippen molar-refractivity contribution in [1.29, 1.82) is 0 Å². The average Bonchev–Trinajstić information content (AvgIpc) is 3.48. The zero-order valence-corrected chi connectivity index (χ0v) is 15.7. The fourth-order valence-electron chi connectivity index (χ4n) is 2.96. The number of aromatic nitrogens is 3. The third-order valence-corrected chi connectivity index (χ3v) is 5.41. The molecule has 0 atom stereocenters. The SMILES string of the molecule is Nc1nnc(SCC(=O)N(Cc2ccccc2)c2ccccc2)n1C1CC1. The van der Waals surface area contributed by atoms with Gasteiger partial charge in [0, 0.05) is 11.7 Å². The summed E-state index contributed by atoms with van der Waals surface area (Å²) in [6.45, 7) is 0.529. The Morgan fingerprint density at radius 2 is 1.74 bits per heavy atom. The standard InChI is InChI=1S/C20H21N5OS/c21-19-22-23-20(25(19)17-11-12-17)27-14-18(26)24(16-9-5-2-6-10-16)13-15-7-3-1-4-8-15/h1-10,17H,11-14H2,(H2,21,22). The van der Waals surface area contributed by atoms with E-state index in [-0.39, 0.29) is 11.7 Å². The Bertz CT molecular complexity index is 909. The third-order valence-electron chi connectivity index (χ3n) is 4.48. The van der Waals surface area contributed by atoms with Gasteiger partial charge in [-0.25, -0.2) is 0 Å². The van der Waals surface area contributed by atoms with Gasteiger partial charge in [-0.15, -0.1) is 10.2 Å². The molecule has 1 aliphatic rings. The summed E-state index contributed by atoms with van der Waals surface area (Å²) in [7, 11) is 0. The zero-order valence-electron chi connectivity index (χ0n) is 14.9. The van der Waals surface area contributed by atoms with Crippen LogP contribution in [0.1, 0.15) is 24.4 Å². The van der Waals surface area contributed by atoms with E-state index in [2.05, 4.69) is 10.2 Å². The van der Waals surface area contributed by atoms with E-state index in [4.69, 9.17) is 5.73 Å². The lowest BCUT2D eigenvalue weighted by Crippen LogP contribution is -2.32. The molecule has 2 N–H and O–H groups in total. The Balaban J connectivity index is 1.50. The molecular formula is C20H21N5OS. The third kappa shape index (κ3) is 4.14. The fraction of sp³-hybridized carbons (Fsp3) is 0.250. The number of nitrogen functional groups attached to an aromatic ring is 1. The maximum atomic E-state index is 13.0. The molecule has 1 heterocycles. The molecule has 0 radical (unpaired) electrons. The van der Waals surface area contributed by atoms with Gasteiger partial charge in [0.15, 0.2) is 5.16 Å². The molecule has 0 saturated heterocycles. The van der Waals surface area contributed by atoms with Crippen molar-refractivity contribution < 1.29 is 4.79 Å². The van der Waals surface area contributed by atoms with Crippen LogP contribution in [-0.4, -0.2) is 26.4 Å². The number of amides is 1. The molecule has 0 bridgehead atoms. The zero-order chi connectivity index (χ0) is 18.6. The summed E-state index contributed by atoms with van der Waals surface area (Å²) in [5.41, 5.74) is 7.89. The van der Waals surface area contributed by atoms with E-state index in [0.717, 1.165) is 29.2 Å². The molecule has 1 fully saturated rings. The normalized spacial score (nSPS) is 13.5. The Hall–Kier alpha value is -2.80. The minimum absolute atomic E-state index is 0.0268. The van der Waals surface area contributed by atoms with E-state index in [9.17, 15) is 4.79 Å². The van der Waals surface area contributed by atoms with Crippen molar-refractivity contribution >= 4 is 29.3 Å². The van der Waals surface area contributed by atoms with Crippen LogP contribution in [0, 0.1) is 0 Å². The predicted octanol–water partition coefficient (Wildman–Crippen LogP) is 3.52. The number of rotatable bonds is 7. The molecule has 2 aromatic carbocycles. The van der Waals surface area contributed by atoms with Gasteiger partial charge in [0.05, 0.1) is 12.3 Å². The first kappa shape index (κ1) is 17.6. The lowest BCUT2D eigenvalue weighted by molar-refractivity contribution is -0.116. The topological polar surface area (TPSA) is 77.0 Å². The predicted molar refractivity (Wildman–Crippen MR) is 108 cm³/mol. The number of benzene rings is 2. The van der Waals surface area contributed by atoms with Crippen molar-refractivity contribution in [1.82, 2.24) is 14.8 Å². The number of thioether (sulfide) groups is 1. The van der Waals surface area contributed by atoms with Gasteiger partial charge in [-0.2, -0.15) is 0 Å². The lowest BCUT2D eigenvalue weighted by Gasteiger charge is -2.23. The second kappa shape index (κ2) is 7.84. The molecule has 1 aromatic heterocycles. The van der Waals surface area contributed by atoms with Crippen molar-refractivity contribution in [3.05, 3.63) is 66.2 Å². The molecule has 6 nitrogen and oxygen atoms in total. The number of nitrogens with two attached hydrogens (primary N) is 1. The van der Waals surface area contributed by atoms with Crippen LogP contribution in [0.15, 0.2) is 65.8 Å². The summed E-state index contributed by atoms with van der Waals surface area (Å²) in [4.78, 5) is 14.9. The van der Waals surface area contributed by atoms with Gasteiger partial charge in [0.2, 0.25) is 11.9 Å². The van der Waals surface area contributed by atoms with Gasteiger partial charge in [-0.1, -0.05) is 60.3 Å². The van der Waals surface area contributed by atoms with Gasteiger partial charge in [-0.3, -0.25) is 9.36 Å². The molecule has 0 spiro atoms. The van der Waals surface area contributed by atoms with Crippen molar-refractivity contribution in [2.75, 3.05) is 16.4 Å². The summed E-state index contributed by atoms with van der Waals surface area (Å²) < 4.78 is 1.95. The van der Waals surface area contributed by atoms with Crippen molar-refractivity contribution in [3.8, 4) is 0 Å². The van der Waals surface area contributed by atoms with Gasteiger partial charge < -0.3 is 10.6 Å². The van der Waals surface area contributed by atoms with E-state index in [1.807, 2.05) is 70.1 Å². The molecular weight excluding hydrogens is 358 g/mol. The number of hydrogen-bond donors (Lipinski definition) is 1. The molecule has 7 heteroatoms. The Morgan fingerprint density at radius 1 is 1.07 bits per heavy atom. The van der Waals surface area contributed by atoms with Crippen LogP contribution in [0.25, 0.3) is 0 Å². The number of nitrogens with zero attached hydrogens (tertiary/aromatic N) is 4. The molecule has 27 heavy (non-hydrogen) atoms. The summed E-state index contributed by atoms with van der Waals surface area (Å²) in [5, 5.41) is 8.84. The van der Waals surface area contributed by atoms with Gasteiger partial charge >= 0.3 is 0 Å². The summed E-state index contributed by atoms with van der Waals surface area (Å²) in [5.74, 6) is 0.739.